The molecule has 2 aliphatic rings. The van der Waals surface area contributed by atoms with Gasteiger partial charge in [0.05, 0.1) is 13.7 Å². The van der Waals surface area contributed by atoms with Gasteiger partial charge in [0.15, 0.2) is 0 Å². The topological polar surface area (TPSA) is 80.5 Å². The first-order valence-electron chi connectivity index (χ1n) is 9.21. The summed E-state index contributed by atoms with van der Waals surface area (Å²) >= 11 is 0. The van der Waals surface area contributed by atoms with Crippen molar-refractivity contribution in [2.24, 2.45) is 0 Å². The lowest BCUT2D eigenvalue weighted by Crippen LogP contribution is -2.38. The summed E-state index contributed by atoms with van der Waals surface area (Å²) in [6.07, 6.45) is 4.23. The zero-order valence-corrected chi connectivity index (χ0v) is 15.0. The van der Waals surface area contributed by atoms with Crippen molar-refractivity contribution in [3.8, 4) is 5.75 Å². The molecule has 1 aromatic heterocycles. The standard InChI is InChI=1S/C19H24N4O3/c1-25-16-6-4-15(5-7-16)20-17(24)12-23-10-8-14(9-11-23)19-22-21-18(26-19)13-2-3-13/h4-7,13-14H,2-3,8-12H2,1H3,(H,20,24). The summed E-state index contributed by atoms with van der Waals surface area (Å²) in [5.41, 5.74) is 0.782. The maximum absolute atomic E-state index is 12.2. The molecular weight excluding hydrogens is 332 g/mol. The summed E-state index contributed by atoms with van der Waals surface area (Å²) in [6, 6.07) is 7.36. The number of nitrogens with one attached hydrogen (secondary N) is 1. The van der Waals surface area contributed by atoms with Gasteiger partial charge in [0.2, 0.25) is 17.7 Å². The Kier molecular flexibility index (Phi) is 4.88. The molecule has 1 aliphatic carbocycles. The molecule has 26 heavy (non-hydrogen) atoms. The molecule has 138 valence electrons. The molecule has 0 bridgehead atoms. The average Bonchev–Trinajstić information content (AvgIpc) is 3.40. The quantitative estimate of drug-likeness (QED) is 0.857. The SMILES string of the molecule is COc1ccc(NC(=O)CN2CCC(c3nnc(C4CC4)o3)CC2)cc1. The van der Waals surface area contributed by atoms with Crippen molar-refractivity contribution in [3.63, 3.8) is 0 Å². The molecular formula is C19H24N4O3. The molecule has 0 unspecified atom stereocenters. The summed E-state index contributed by atoms with van der Waals surface area (Å²) < 4.78 is 11.0. The first kappa shape index (κ1) is 17.0. The summed E-state index contributed by atoms with van der Waals surface area (Å²) in [7, 11) is 1.62. The van der Waals surface area contributed by atoms with E-state index in [1.54, 1.807) is 7.11 Å². The Morgan fingerprint density at radius 3 is 2.31 bits per heavy atom. The van der Waals surface area contributed by atoms with E-state index in [1.807, 2.05) is 24.3 Å². The van der Waals surface area contributed by atoms with Crippen molar-refractivity contribution < 1.29 is 13.9 Å². The lowest BCUT2D eigenvalue weighted by Gasteiger charge is -2.29. The monoisotopic (exact) mass is 356 g/mol. The molecule has 1 saturated carbocycles. The Bertz CT molecular complexity index is 746. The van der Waals surface area contributed by atoms with Crippen LogP contribution < -0.4 is 10.1 Å². The maximum atomic E-state index is 12.2. The van der Waals surface area contributed by atoms with Gasteiger partial charge in [-0.05, 0) is 63.0 Å². The highest BCUT2D eigenvalue weighted by molar-refractivity contribution is 5.92. The Morgan fingerprint density at radius 1 is 1.12 bits per heavy atom. The fraction of sp³-hybridized carbons (Fsp3) is 0.526. The third-order valence-corrected chi connectivity index (χ3v) is 5.06. The van der Waals surface area contributed by atoms with E-state index < -0.39 is 0 Å². The highest BCUT2D eigenvalue weighted by Crippen LogP contribution is 2.40. The number of piperidine rings is 1. The molecule has 1 amide bonds. The summed E-state index contributed by atoms with van der Waals surface area (Å²) in [5.74, 6) is 3.17. The Labute approximate surface area is 152 Å². The molecule has 2 aromatic rings. The zero-order valence-electron chi connectivity index (χ0n) is 15.0. The number of hydrogen-bond donors (Lipinski definition) is 1. The van der Waals surface area contributed by atoms with Crippen molar-refractivity contribution in [3.05, 3.63) is 36.0 Å². The lowest BCUT2D eigenvalue weighted by atomic mass is 9.97. The number of hydrogen-bond acceptors (Lipinski definition) is 6. The van der Waals surface area contributed by atoms with Crippen molar-refractivity contribution in [2.45, 2.75) is 37.5 Å². The Morgan fingerprint density at radius 2 is 1.73 bits per heavy atom. The third kappa shape index (κ3) is 4.04. The number of methoxy groups -OCH3 is 1. The second-order valence-corrected chi connectivity index (χ2v) is 7.08. The second-order valence-electron chi connectivity index (χ2n) is 7.08. The van der Waals surface area contributed by atoms with Crippen molar-refractivity contribution in [1.29, 1.82) is 0 Å². The molecule has 1 saturated heterocycles. The highest BCUT2D eigenvalue weighted by Gasteiger charge is 2.31. The largest absolute Gasteiger partial charge is 0.497 e. The van der Waals surface area contributed by atoms with Gasteiger partial charge in [-0.1, -0.05) is 0 Å². The van der Waals surface area contributed by atoms with Gasteiger partial charge in [-0.2, -0.15) is 0 Å². The van der Waals surface area contributed by atoms with Crippen molar-refractivity contribution >= 4 is 11.6 Å². The zero-order chi connectivity index (χ0) is 17.9. The van der Waals surface area contributed by atoms with Gasteiger partial charge in [-0.15, -0.1) is 10.2 Å². The van der Waals surface area contributed by atoms with Crippen LogP contribution in [0.5, 0.6) is 5.75 Å². The van der Waals surface area contributed by atoms with Crippen LogP contribution in [-0.2, 0) is 4.79 Å². The van der Waals surface area contributed by atoms with E-state index in [1.165, 1.54) is 12.8 Å². The number of likely N-dealkylation sites (tertiary alicyclic amines) is 1. The van der Waals surface area contributed by atoms with Crippen LogP contribution in [0.15, 0.2) is 28.7 Å². The van der Waals surface area contributed by atoms with Crippen molar-refractivity contribution in [1.82, 2.24) is 15.1 Å². The number of carbonyl (C=O) groups excluding carboxylic acids is 1. The summed E-state index contributed by atoms with van der Waals surface area (Å²) in [5, 5.41) is 11.3. The Hall–Kier alpha value is -2.41. The number of aromatic nitrogens is 2. The molecule has 2 fully saturated rings. The van der Waals surface area contributed by atoms with Crippen LogP contribution in [0.1, 0.15) is 49.3 Å². The van der Waals surface area contributed by atoms with E-state index in [-0.39, 0.29) is 5.91 Å². The van der Waals surface area contributed by atoms with Crippen LogP contribution in [0.3, 0.4) is 0 Å². The molecule has 1 N–H and O–H groups in total. The predicted octanol–water partition coefficient (Wildman–Crippen LogP) is 2.77. The fourth-order valence-corrected chi connectivity index (χ4v) is 3.32. The first-order valence-corrected chi connectivity index (χ1v) is 9.21. The van der Waals surface area contributed by atoms with Gasteiger partial charge in [0.1, 0.15) is 5.75 Å². The number of rotatable bonds is 6. The molecule has 7 heteroatoms. The van der Waals surface area contributed by atoms with Crippen LogP contribution in [0, 0.1) is 0 Å². The number of nitrogens with zero attached hydrogens (tertiary/aromatic N) is 3. The average molecular weight is 356 g/mol. The van der Waals surface area contributed by atoms with Gasteiger partial charge in [0, 0.05) is 17.5 Å². The molecule has 0 atom stereocenters. The number of anilines is 1. The smallest absolute Gasteiger partial charge is 0.238 e. The van der Waals surface area contributed by atoms with E-state index >= 15 is 0 Å². The normalized spacial score (nSPS) is 18.7. The van der Waals surface area contributed by atoms with Crippen LogP contribution in [0.25, 0.3) is 0 Å². The number of carbonyl (C=O) groups is 1. The lowest BCUT2D eigenvalue weighted by molar-refractivity contribution is -0.117. The minimum Gasteiger partial charge on any atom is -0.497 e. The molecule has 7 nitrogen and oxygen atoms in total. The number of benzene rings is 1. The van der Waals surface area contributed by atoms with Gasteiger partial charge < -0.3 is 14.5 Å². The maximum Gasteiger partial charge on any atom is 0.238 e. The minimum absolute atomic E-state index is 0.00225. The second kappa shape index (κ2) is 7.45. The first-order chi connectivity index (χ1) is 12.7. The van der Waals surface area contributed by atoms with E-state index in [0.717, 1.165) is 49.1 Å². The van der Waals surface area contributed by atoms with Crippen LogP contribution >= 0.6 is 0 Å². The van der Waals surface area contributed by atoms with Crippen LogP contribution in [0.4, 0.5) is 5.69 Å². The van der Waals surface area contributed by atoms with Crippen LogP contribution in [0.2, 0.25) is 0 Å². The van der Waals surface area contributed by atoms with E-state index in [2.05, 4.69) is 20.4 Å². The molecule has 0 radical (unpaired) electrons. The predicted molar refractivity (Wildman–Crippen MR) is 96.3 cm³/mol. The van der Waals surface area contributed by atoms with E-state index in [9.17, 15) is 4.79 Å². The number of ether oxygens (including phenoxy) is 1. The van der Waals surface area contributed by atoms with Gasteiger partial charge in [-0.25, -0.2) is 0 Å². The fourth-order valence-electron chi connectivity index (χ4n) is 3.32. The van der Waals surface area contributed by atoms with Crippen LogP contribution in [-0.4, -0.2) is 47.7 Å². The molecule has 0 spiro atoms. The Balaban J connectivity index is 1.24. The molecule has 2 heterocycles. The van der Waals surface area contributed by atoms with Gasteiger partial charge >= 0.3 is 0 Å². The van der Waals surface area contributed by atoms with E-state index in [0.29, 0.717) is 18.4 Å². The summed E-state index contributed by atoms with van der Waals surface area (Å²) in [6.45, 7) is 2.12. The minimum atomic E-state index is 0.00225. The molecule has 4 rings (SSSR count). The van der Waals surface area contributed by atoms with Gasteiger partial charge in [0.25, 0.3) is 0 Å². The van der Waals surface area contributed by atoms with E-state index in [4.69, 9.17) is 9.15 Å². The molecule has 1 aliphatic heterocycles. The number of amides is 1. The third-order valence-electron chi connectivity index (χ3n) is 5.06. The summed E-state index contributed by atoms with van der Waals surface area (Å²) in [4.78, 5) is 14.4. The highest BCUT2D eigenvalue weighted by atomic mass is 16.5. The molecule has 1 aromatic carbocycles. The van der Waals surface area contributed by atoms with Gasteiger partial charge in [-0.3, -0.25) is 9.69 Å². The van der Waals surface area contributed by atoms with Crippen molar-refractivity contribution in [2.75, 3.05) is 32.1 Å².